The van der Waals surface area contributed by atoms with Crippen LogP contribution in [0.3, 0.4) is 0 Å². The first-order valence-corrected chi connectivity index (χ1v) is 7.35. The lowest BCUT2D eigenvalue weighted by molar-refractivity contribution is 0.403. The fourth-order valence-corrected chi connectivity index (χ4v) is 2.97. The number of hydrogen-bond acceptors (Lipinski definition) is 2. The molecule has 0 spiro atoms. The third-order valence-electron chi connectivity index (χ3n) is 4.37. The first kappa shape index (κ1) is 12.7. The van der Waals surface area contributed by atoms with Crippen LogP contribution in [-0.4, -0.2) is 6.54 Å². The molecule has 1 unspecified atom stereocenters. The Balaban J connectivity index is 2.10. The van der Waals surface area contributed by atoms with Gasteiger partial charge < -0.3 is 9.73 Å². The summed E-state index contributed by atoms with van der Waals surface area (Å²) >= 11 is 0. The highest BCUT2D eigenvalue weighted by Gasteiger charge is 2.34. The van der Waals surface area contributed by atoms with E-state index in [-0.39, 0.29) is 0 Å². The summed E-state index contributed by atoms with van der Waals surface area (Å²) in [4.78, 5) is 0. The Bertz CT molecular complexity index is 607. The quantitative estimate of drug-likeness (QED) is 0.877. The van der Waals surface area contributed by atoms with Crippen LogP contribution in [0.2, 0.25) is 0 Å². The van der Waals surface area contributed by atoms with Gasteiger partial charge in [-0.1, -0.05) is 13.0 Å². The van der Waals surface area contributed by atoms with E-state index in [0.717, 1.165) is 23.8 Å². The Morgan fingerprint density at radius 3 is 2.58 bits per heavy atom. The molecule has 2 nitrogen and oxygen atoms in total. The van der Waals surface area contributed by atoms with E-state index in [9.17, 15) is 0 Å². The van der Waals surface area contributed by atoms with E-state index in [2.05, 4.69) is 45.1 Å². The number of benzene rings is 1. The Kier molecular flexibility index (Phi) is 3.14. The standard InChI is InChI=1S/C17H23NO/c1-5-18-16(13-6-7-13)15-9-14-11(3)8-10(2)12(4)17(14)19-15/h8-9,13,16,18H,5-7H2,1-4H3. The lowest BCUT2D eigenvalue weighted by Gasteiger charge is -2.13. The molecule has 2 aromatic rings. The van der Waals surface area contributed by atoms with Crippen molar-refractivity contribution in [2.24, 2.45) is 5.92 Å². The Hall–Kier alpha value is -1.28. The van der Waals surface area contributed by atoms with E-state index in [4.69, 9.17) is 4.42 Å². The molecule has 102 valence electrons. The van der Waals surface area contributed by atoms with E-state index < -0.39 is 0 Å². The molecule has 3 rings (SSSR count). The highest BCUT2D eigenvalue weighted by atomic mass is 16.3. The molecule has 0 bridgehead atoms. The van der Waals surface area contributed by atoms with Crippen LogP contribution in [0.1, 0.15) is 48.3 Å². The first-order chi connectivity index (χ1) is 9.11. The van der Waals surface area contributed by atoms with Crippen LogP contribution in [0.15, 0.2) is 16.5 Å². The van der Waals surface area contributed by atoms with Crippen molar-refractivity contribution in [2.75, 3.05) is 6.54 Å². The van der Waals surface area contributed by atoms with Gasteiger partial charge in [-0.2, -0.15) is 0 Å². The average molecular weight is 257 g/mol. The molecule has 0 amide bonds. The van der Waals surface area contributed by atoms with Gasteiger partial charge in [0, 0.05) is 5.39 Å². The van der Waals surface area contributed by atoms with Gasteiger partial charge in [-0.05, 0) is 68.8 Å². The molecule has 19 heavy (non-hydrogen) atoms. The molecule has 1 heterocycles. The smallest absolute Gasteiger partial charge is 0.137 e. The van der Waals surface area contributed by atoms with Crippen LogP contribution < -0.4 is 5.32 Å². The van der Waals surface area contributed by atoms with E-state index in [1.807, 2.05) is 0 Å². The van der Waals surface area contributed by atoms with Crippen molar-refractivity contribution in [2.45, 2.75) is 46.6 Å². The monoisotopic (exact) mass is 257 g/mol. The van der Waals surface area contributed by atoms with Crippen molar-refractivity contribution in [1.82, 2.24) is 5.32 Å². The minimum Gasteiger partial charge on any atom is -0.459 e. The fourth-order valence-electron chi connectivity index (χ4n) is 2.97. The lowest BCUT2D eigenvalue weighted by Crippen LogP contribution is -2.21. The van der Waals surface area contributed by atoms with Crippen molar-refractivity contribution in [3.05, 3.63) is 34.6 Å². The van der Waals surface area contributed by atoms with Gasteiger partial charge in [0.1, 0.15) is 11.3 Å². The molecule has 0 aliphatic heterocycles. The molecule has 2 heteroatoms. The zero-order valence-electron chi connectivity index (χ0n) is 12.3. The largest absolute Gasteiger partial charge is 0.459 e. The predicted octanol–water partition coefficient (Wildman–Crippen LogP) is 4.42. The Morgan fingerprint density at radius 2 is 1.95 bits per heavy atom. The van der Waals surface area contributed by atoms with Gasteiger partial charge in [0.05, 0.1) is 6.04 Å². The second-order valence-electron chi connectivity index (χ2n) is 5.90. The lowest BCUT2D eigenvalue weighted by atomic mass is 10.0. The van der Waals surface area contributed by atoms with Crippen LogP contribution in [-0.2, 0) is 0 Å². The van der Waals surface area contributed by atoms with Crippen LogP contribution >= 0.6 is 0 Å². The zero-order chi connectivity index (χ0) is 13.6. The SMILES string of the molecule is CCNC(c1cc2c(C)cc(C)c(C)c2o1)C1CC1. The second-order valence-corrected chi connectivity index (χ2v) is 5.90. The van der Waals surface area contributed by atoms with Crippen LogP contribution in [0, 0.1) is 26.7 Å². The van der Waals surface area contributed by atoms with Gasteiger partial charge in [-0.15, -0.1) is 0 Å². The zero-order valence-corrected chi connectivity index (χ0v) is 12.3. The van der Waals surface area contributed by atoms with Crippen molar-refractivity contribution < 1.29 is 4.42 Å². The van der Waals surface area contributed by atoms with Crippen molar-refractivity contribution >= 4 is 11.0 Å². The minimum atomic E-state index is 0.400. The van der Waals surface area contributed by atoms with E-state index in [1.54, 1.807) is 0 Å². The van der Waals surface area contributed by atoms with E-state index in [0.29, 0.717) is 6.04 Å². The molecule has 0 radical (unpaired) electrons. The Labute approximate surface area is 115 Å². The normalized spacial score (nSPS) is 17.1. The van der Waals surface area contributed by atoms with Gasteiger partial charge in [0.2, 0.25) is 0 Å². The maximum atomic E-state index is 6.21. The molecule has 1 aromatic carbocycles. The number of rotatable bonds is 4. The number of furan rings is 1. The minimum absolute atomic E-state index is 0.400. The van der Waals surface area contributed by atoms with E-state index in [1.165, 1.54) is 34.9 Å². The van der Waals surface area contributed by atoms with E-state index >= 15 is 0 Å². The predicted molar refractivity (Wildman–Crippen MR) is 79.6 cm³/mol. The van der Waals surface area contributed by atoms with Gasteiger partial charge in [-0.25, -0.2) is 0 Å². The van der Waals surface area contributed by atoms with Crippen molar-refractivity contribution in [3.63, 3.8) is 0 Å². The highest BCUT2D eigenvalue weighted by Crippen LogP contribution is 2.43. The topological polar surface area (TPSA) is 25.2 Å². The summed E-state index contributed by atoms with van der Waals surface area (Å²) in [6, 6.07) is 4.91. The molecular formula is C17H23NO. The number of hydrogen-bond donors (Lipinski definition) is 1. The number of aryl methyl sites for hydroxylation is 3. The summed E-state index contributed by atoms with van der Waals surface area (Å²) < 4.78 is 6.21. The van der Waals surface area contributed by atoms with Crippen LogP contribution in [0.5, 0.6) is 0 Å². The summed E-state index contributed by atoms with van der Waals surface area (Å²) in [5.41, 5.74) is 4.99. The van der Waals surface area contributed by atoms with Crippen LogP contribution in [0.25, 0.3) is 11.0 Å². The number of nitrogens with one attached hydrogen (secondary N) is 1. The molecule has 1 fully saturated rings. The molecule has 0 saturated heterocycles. The summed E-state index contributed by atoms with van der Waals surface area (Å²) in [6.45, 7) is 9.65. The third kappa shape index (κ3) is 2.18. The Morgan fingerprint density at radius 1 is 1.21 bits per heavy atom. The molecule has 1 N–H and O–H groups in total. The second kappa shape index (κ2) is 4.68. The molecule has 1 aromatic heterocycles. The van der Waals surface area contributed by atoms with Gasteiger partial charge in [-0.3, -0.25) is 0 Å². The molecular weight excluding hydrogens is 234 g/mol. The molecule has 1 atom stereocenters. The maximum absolute atomic E-state index is 6.21. The summed E-state index contributed by atoms with van der Waals surface area (Å²) in [5.74, 6) is 1.89. The summed E-state index contributed by atoms with van der Waals surface area (Å²) in [5, 5.41) is 4.86. The van der Waals surface area contributed by atoms with Crippen molar-refractivity contribution in [1.29, 1.82) is 0 Å². The van der Waals surface area contributed by atoms with Gasteiger partial charge in [0.25, 0.3) is 0 Å². The van der Waals surface area contributed by atoms with Crippen LogP contribution in [0.4, 0.5) is 0 Å². The molecule has 1 saturated carbocycles. The summed E-state index contributed by atoms with van der Waals surface area (Å²) in [6.07, 6.45) is 2.65. The first-order valence-electron chi connectivity index (χ1n) is 7.35. The van der Waals surface area contributed by atoms with Gasteiger partial charge >= 0.3 is 0 Å². The fraction of sp³-hybridized carbons (Fsp3) is 0.529. The van der Waals surface area contributed by atoms with Crippen molar-refractivity contribution in [3.8, 4) is 0 Å². The molecule has 1 aliphatic rings. The average Bonchev–Trinajstić information content (AvgIpc) is 3.11. The summed E-state index contributed by atoms with van der Waals surface area (Å²) in [7, 11) is 0. The highest BCUT2D eigenvalue weighted by molar-refractivity contribution is 5.85. The number of fused-ring (bicyclic) bond motifs is 1. The third-order valence-corrected chi connectivity index (χ3v) is 4.37. The maximum Gasteiger partial charge on any atom is 0.137 e. The molecule has 1 aliphatic carbocycles. The van der Waals surface area contributed by atoms with Gasteiger partial charge in [0.15, 0.2) is 0 Å².